The van der Waals surface area contributed by atoms with Gasteiger partial charge in [0.2, 0.25) is 5.91 Å². The normalized spacial score (nSPS) is 26.6. The van der Waals surface area contributed by atoms with Crippen LogP contribution in [0.15, 0.2) is 24.3 Å². The maximum absolute atomic E-state index is 12.2. The molecule has 1 aromatic rings. The van der Waals surface area contributed by atoms with Crippen LogP contribution in [0.25, 0.3) is 0 Å². The topological polar surface area (TPSA) is 76.8 Å². The van der Waals surface area contributed by atoms with Crippen molar-refractivity contribution in [3.8, 4) is 5.75 Å². The molecule has 2 heterocycles. The Morgan fingerprint density at radius 2 is 2.29 bits per heavy atom. The fraction of sp³-hybridized carbons (Fsp3) is 0.611. The van der Waals surface area contributed by atoms with Crippen molar-refractivity contribution in [2.24, 2.45) is 11.7 Å². The molecule has 3 atom stereocenters. The van der Waals surface area contributed by atoms with Gasteiger partial charge in [-0.1, -0.05) is 6.07 Å². The first kappa shape index (κ1) is 17.0. The smallest absolute Gasteiger partial charge is 0.249 e. The van der Waals surface area contributed by atoms with E-state index in [0.717, 1.165) is 38.1 Å². The molecule has 6 nitrogen and oxygen atoms in total. The Bertz CT molecular complexity index is 566. The molecular weight excluding hydrogens is 306 g/mol. The molecule has 0 aromatic heterocycles. The summed E-state index contributed by atoms with van der Waals surface area (Å²) < 4.78 is 10.9. The van der Waals surface area contributed by atoms with Crippen molar-refractivity contribution >= 4 is 11.6 Å². The largest absolute Gasteiger partial charge is 0.497 e. The van der Waals surface area contributed by atoms with E-state index in [9.17, 15) is 4.79 Å². The Morgan fingerprint density at radius 3 is 3.04 bits per heavy atom. The Morgan fingerprint density at radius 1 is 1.42 bits per heavy atom. The summed E-state index contributed by atoms with van der Waals surface area (Å²) in [5.41, 5.74) is 6.76. The summed E-state index contributed by atoms with van der Waals surface area (Å²) in [6.07, 6.45) is 2.44. The Labute approximate surface area is 143 Å². The Kier molecular flexibility index (Phi) is 5.58. The van der Waals surface area contributed by atoms with Gasteiger partial charge in [0.15, 0.2) is 0 Å². The Balaban J connectivity index is 1.45. The average molecular weight is 333 g/mol. The van der Waals surface area contributed by atoms with Gasteiger partial charge in [-0.25, -0.2) is 0 Å². The molecule has 1 amide bonds. The van der Waals surface area contributed by atoms with Crippen LogP contribution in [0.3, 0.4) is 0 Å². The summed E-state index contributed by atoms with van der Waals surface area (Å²) >= 11 is 0. The van der Waals surface area contributed by atoms with Crippen LogP contribution in [0.4, 0.5) is 5.69 Å². The number of nitrogens with one attached hydrogen (secondary N) is 1. The molecule has 6 heteroatoms. The summed E-state index contributed by atoms with van der Waals surface area (Å²) in [6.45, 7) is 3.14. The highest BCUT2D eigenvalue weighted by Crippen LogP contribution is 2.26. The van der Waals surface area contributed by atoms with Crippen LogP contribution < -0.4 is 20.7 Å². The lowest BCUT2D eigenvalue weighted by Gasteiger charge is -2.20. The van der Waals surface area contributed by atoms with Crippen molar-refractivity contribution in [3.05, 3.63) is 24.3 Å². The highest BCUT2D eigenvalue weighted by atomic mass is 16.5. The van der Waals surface area contributed by atoms with Gasteiger partial charge in [-0.3, -0.25) is 4.79 Å². The first-order valence-electron chi connectivity index (χ1n) is 8.72. The molecule has 2 saturated heterocycles. The van der Waals surface area contributed by atoms with E-state index >= 15 is 0 Å². The van der Waals surface area contributed by atoms with E-state index < -0.39 is 0 Å². The highest BCUT2D eigenvalue weighted by Gasteiger charge is 2.30. The monoisotopic (exact) mass is 333 g/mol. The number of benzene rings is 1. The van der Waals surface area contributed by atoms with Crippen LogP contribution in [0.1, 0.15) is 19.3 Å². The summed E-state index contributed by atoms with van der Waals surface area (Å²) in [5.74, 6) is 1.34. The van der Waals surface area contributed by atoms with E-state index in [0.29, 0.717) is 19.0 Å². The minimum atomic E-state index is -0.325. The molecule has 0 bridgehead atoms. The van der Waals surface area contributed by atoms with Crippen molar-refractivity contribution in [3.63, 3.8) is 0 Å². The molecule has 0 spiro atoms. The first-order chi connectivity index (χ1) is 11.7. The lowest BCUT2D eigenvalue weighted by molar-refractivity contribution is -0.132. The second-order valence-corrected chi connectivity index (χ2v) is 6.61. The van der Waals surface area contributed by atoms with Gasteiger partial charge in [-0.05, 0) is 37.3 Å². The third-order valence-electron chi connectivity index (χ3n) is 4.93. The molecular formula is C18H27N3O3. The number of ether oxygens (including phenoxy) is 2. The predicted molar refractivity (Wildman–Crippen MR) is 93.3 cm³/mol. The molecule has 1 unspecified atom stereocenters. The molecule has 0 aliphatic carbocycles. The van der Waals surface area contributed by atoms with Crippen molar-refractivity contribution < 1.29 is 14.3 Å². The Hall–Kier alpha value is -1.79. The van der Waals surface area contributed by atoms with Crippen LogP contribution in [0.2, 0.25) is 0 Å². The van der Waals surface area contributed by atoms with E-state index in [4.69, 9.17) is 15.2 Å². The second kappa shape index (κ2) is 7.85. The lowest BCUT2D eigenvalue weighted by atomic mass is 10.1. The van der Waals surface area contributed by atoms with E-state index in [1.165, 1.54) is 5.69 Å². The van der Waals surface area contributed by atoms with Crippen LogP contribution in [-0.4, -0.2) is 51.4 Å². The molecule has 3 rings (SSSR count). The molecule has 1 aromatic carbocycles. The molecule has 2 fully saturated rings. The molecule has 2 aliphatic rings. The van der Waals surface area contributed by atoms with Crippen molar-refractivity contribution in [1.29, 1.82) is 0 Å². The number of amides is 1. The standard InChI is InChI=1S/C18H27N3O3/c1-23-15-4-2-3-14(9-15)21-8-7-13(12-21)11-20-18(22)17-6-5-16(10-19)24-17/h2-4,9,13,16-17H,5-8,10-12,19H2,1H3,(H,20,22)/t13?,16-,17+/m1/s1. The molecule has 2 aliphatic heterocycles. The van der Waals surface area contributed by atoms with E-state index in [-0.39, 0.29) is 18.1 Å². The van der Waals surface area contributed by atoms with Crippen LogP contribution in [0, 0.1) is 5.92 Å². The van der Waals surface area contributed by atoms with Gasteiger partial charge >= 0.3 is 0 Å². The van der Waals surface area contributed by atoms with E-state index in [1.54, 1.807) is 7.11 Å². The molecule has 24 heavy (non-hydrogen) atoms. The minimum Gasteiger partial charge on any atom is -0.497 e. The van der Waals surface area contributed by atoms with Gasteiger partial charge in [0.1, 0.15) is 11.9 Å². The number of nitrogens with zero attached hydrogens (tertiary/aromatic N) is 1. The number of hydrogen-bond acceptors (Lipinski definition) is 5. The highest BCUT2D eigenvalue weighted by molar-refractivity contribution is 5.81. The van der Waals surface area contributed by atoms with Gasteiger partial charge in [0.25, 0.3) is 0 Å². The molecule has 0 saturated carbocycles. The minimum absolute atomic E-state index is 0.00535. The molecule has 0 radical (unpaired) electrons. The summed E-state index contributed by atoms with van der Waals surface area (Å²) in [5, 5.41) is 3.05. The van der Waals surface area contributed by atoms with Gasteiger partial charge < -0.3 is 25.4 Å². The maximum Gasteiger partial charge on any atom is 0.249 e. The van der Waals surface area contributed by atoms with Gasteiger partial charge in [0.05, 0.1) is 13.2 Å². The van der Waals surface area contributed by atoms with Crippen LogP contribution in [0.5, 0.6) is 5.75 Å². The van der Waals surface area contributed by atoms with E-state index in [2.05, 4.69) is 22.3 Å². The van der Waals surface area contributed by atoms with Crippen molar-refractivity contribution in [2.75, 3.05) is 38.2 Å². The number of nitrogens with two attached hydrogens (primary N) is 1. The first-order valence-corrected chi connectivity index (χ1v) is 8.72. The second-order valence-electron chi connectivity index (χ2n) is 6.61. The molecule has 132 valence electrons. The van der Waals surface area contributed by atoms with Crippen LogP contribution >= 0.6 is 0 Å². The fourth-order valence-electron chi connectivity index (χ4n) is 3.47. The summed E-state index contributed by atoms with van der Waals surface area (Å²) in [4.78, 5) is 14.5. The zero-order valence-electron chi connectivity index (χ0n) is 14.2. The molecule has 3 N–H and O–H groups in total. The quantitative estimate of drug-likeness (QED) is 0.816. The number of carbonyl (C=O) groups excluding carboxylic acids is 1. The van der Waals surface area contributed by atoms with Gasteiger partial charge in [0, 0.05) is 37.9 Å². The van der Waals surface area contributed by atoms with Gasteiger partial charge in [-0.2, -0.15) is 0 Å². The summed E-state index contributed by atoms with van der Waals surface area (Å²) in [7, 11) is 1.68. The lowest BCUT2D eigenvalue weighted by Crippen LogP contribution is -2.38. The maximum atomic E-state index is 12.2. The average Bonchev–Trinajstić information content (AvgIpc) is 3.29. The van der Waals surface area contributed by atoms with Crippen molar-refractivity contribution in [2.45, 2.75) is 31.5 Å². The SMILES string of the molecule is COc1cccc(N2CCC(CNC(=O)[C@@H]3CC[C@H](CN)O3)C2)c1. The number of hydrogen-bond donors (Lipinski definition) is 2. The van der Waals surface area contributed by atoms with Crippen molar-refractivity contribution in [1.82, 2.24) is 5.32 Å². The zero-order valence-corrected chi connectivity index (χ0v) is 14.2. The predicted octanol–water partition coefficient (Wildman–Crippen LogP) is 1.14. The number of carbonyl (C=O) groups is 1. The fourth-order valence-corrected chi connectivity index (χ4v) is 3.47. The van der Waals surface area contributed by atoms with E-state index in [1.807, 2.05) is 12.1 Å². The number of rotatable bonds is 6. The zero-order chi connectivity index (χ0) is 16.9. The summed E-state index contributed by atoms with van der Waals surface area (Å²) in [6, 6.07) is 8.12. The van der Waals surface area contributed by atoms with Crippen LogP contribution in [-0.2, 0) is 9.53 Å². The third kappa shape index (κ3) is 3.99. The third-order valence-corrected chi connectivity index (χ3v) is 4.93. The number of methoxy groups -OCH3 is 1. The van der Waals surface area contributed by atoms with Gasteiger partial charge in [-0.15, -0.1) is 0 Å². The number of anilines is 1.